The van der Waals surface area contributed by atoms with Crippen LogP contribution in [0, 0.1) is 11.8 Å². The number of nitrogens with one attached hydrogen (secondary N) is 1. The van der Waals surface area contributed by atoms with Crippen LogP contribution in [-0.4, -0.2) is 67.4 Å². The molecule has 4 rings (SSSR count). The molecule has 8 heteroatoms. The van der Waals surface area contributed by atoms with Crippen molar-refractivity contribution in [2.24, 2.45) is 11.8 Å². The zero-order valence-electron chi connectivity index (χ0n) is 18.7. The molecule has 3 unspecified atom stereocenters. The molecule has 2 N–H and O–H groups in total. The van der Waals surface area contributed by atoms with Crippen molar-refractivity contribution in [1.82, 2.24) is 10.2 Å². The summed E-state index contributed by atoms with van der Waals surface area (Å²) < 4.78 is 10.7. The Morgan fingerprint density at radius 1 is 1.06 bits per heavy atom. The van der Waals surface area contributed by atoms with Crippen molar-refractivity contribution >= 4 is 18.0 Å². The van der Waals surface area contributed by atoms with Crippen LogP contribution in [0.25, 0.3) is 11.1 Å². The number of amides is 2. The summed E-state index contributed by atoms with van der Waals surface area (Å²) in [6, 6.07) is 15.1. The van der Waals surface area contributed by atoms with Gasteiger partial charge in [-0.2, -0.15) is 0 Å². The molecule has 33 heavy (non-hydrogen) atoms. The van der Waals surface area contributed by atoms with Crippen molar-refractivity contribution in [2.75, 3.05) is 33.4 Å². The summed E-state index contributed by atoms with van der Waals surface area (Å²) in [4.78, 5) is 38.4. The summed E-state index contributed by atoms with van der Waals surface area (Å²) in [5, 5.41) is 11.9. The van der Waals surface area contributed by atoms with Gasteiger partial charge in [-0.25, -0.2) is 4.79 Å². The molecule has 2 aromatic carbocycles. The molecule has 1 fully saturated rings. The van der Waals surface area contributed by atoms with Crippen molar-refractivity contribution in [1.29, 1.82) is 0 Å². The molecule has 2 aromatic rings. The van der Waals surface area contributed by atoms with E-state index < -0.39 is 24.0 Å². The lowest BCUT2D eigenvalue weighted by molar-refractivity contribution is -0.142. The summed E-state index contributed by atoms with van der Waals surface area (Å²) in [6.07, 6.45) is -0.714. The van der Waals surface area contributed by atoms with Crippen LogP contribution in [0.3, 0.4) is 0 Å². The van der Waals surface area contributed by atoms with E-state index in [4.69, 9.17) is 9.47 Å². The lowest BCUT2D eigenvalue weighted by Gasteiger charge is -2.24. The van der Waals surface area contributed by atoms with Crippen LogP contribution in [0.4, 0.5) is 4.79 Å². The number of fused-ring (bicyclic) bond motifs is 3. The Balaban J connectivity index is 1.40. The average molecular weight is 453 g/mol. The molecule has 1 aliphatic carbocycles. The topological polar surface area (TPSA) is 105 Å². The Hall–Kier alpha value is -3.39. The molecular formula is C25H28N2O6. The maximum atomic E-state index is 13.0. The number of carbonyl (C=O) groups is 3. The van der Waals surface area contributed by atoms with E-state index in [1.54, 1.807) is 6.92 Å². The van der Waals surface area contributed by atoms with Gasteiger partial charge in [0.25, 0.3) is 0 Å². The Kier molecular flexibility index (Phi) is 6.65. The van der Waals surface area contributed by atoms with E-state index in [1.807, 2.05) is 36.4 Å². The summed E-state index contributed by atoms with van der Waals surface area (Å²) in [5.41, 5.74) is 4.46. The normalized spacial score (nSPS) is 20.1. The number of ether oxygens (including phenoxy) is 2. The lowest BCUT2D eigenvalue weighted by Crippen LogP contribution is -2.50. The fourth-order valence-corrected chi connectivity index (χ4v) is 4.81. The first-order chi connectivity index (χ1) is 15.9. The molecule has 0 bridgehead atoms. The van der Waals surface area contributed by atoms with Gasteiger partial charge in [-0.15, -0.1) is 0 Å². The van der Waals surface area contributed by atoms with E-state index in [0.717, 1.165) is 22.3 Å². The van der Waals surface area contributed by atoms with Crippen molar-refractivity contribution in [3.8, 4) is 11.1 Å². The number of rotatable bonds is 7. The first-order valence-electron chi connectivity index (χ1n) is 11.0. The fourth-order valence-electron chi connectivity index (χ4n) is 4.81. The van der Waals surface area contributed by atoms with Crippen molar-refractivity contribution in [3.05, 3.63) is 59.7 Å². The highest BCUT2D eigenvalue weighted by Gasteiger charge is 2.39. The van der Waals surface area contributed by atoms with E-state index in [9.17, 15) is 19.5 Å². The Morgan fingerprint density at radius 2 is 1.67 bits per heavy atom. The third kappa shape index (κ3) is 4.57. The number of aliphatic carboxylic acids is 1. The minimum atomic E-state index is -0.953. The van der Waals surface area contributed by atoms with Gasteiger partial charge in [0.2, 0.25) is 5.91 Å². The third-order valence-corrected chi connectivity index (χ3v) is 6.51. The second kappa shape index (κ2) is 9.62. The first-order valence-corrected chi connectivity index (χ1v) is 11.0. The second-order valence-corrected chi connectivity index (χ2v) is 8.64. The summed E-state index contributed by atoms with van der Waals surface area (Å²) in [7, 11) is 1.44. The van der Waals surface area contributed by atoms with Crippen LogP contribution in [0.5, 0.6) is 0 Å². The summed E-state index contributed by atoms with van der Waals surface area (Å²) in [6.45, 7) is 2.34. The van der Waals surface area contributed by atoms with Crippen LogP contribution in [-0.2, 0) is 19.1 Å². The number of alkyl carbamates (subject to hydrolysis) is 1. The van der Waals surface area contributed by atoms with Gasteiger partial charge in [0.05, 0.1) is 12.5 Å². The number of methoxy groups -OCH3 is 1. The largest absolute Gasteiger partial charge is 0.481 e. The quantitative estimate of drug-likeness (QED) is 0.669. The Morgan fingerprint density at radius 3 is 2.21 bits per heavy atom. The van der Waals surface area contributed by atoms with Crippen molar-refractivity contribution < 1.29 is 29.0 Å². The molecule has 3 atom stereocenters. The molecule has 1 aliphatic heterocycles. The number of benzene rings is 2. The number of carboxylic acid groups (broad SMARTS) is 1. The minimum Gasteiger partial charge on any atom is -0.481 e. The highest BCUT2D eigenvalue weighted by Crippen LogP contribution is 2.44. The molecular weight excluding hydrogens is 424 g/mol. The molecule has 1 saturated heterocycles. The lowest BCUT2D eigenvalue weighted by atomic mass is 9.98. The SMILES string of the molecule is COCC(NC(=O)OCC1c2ccccc2-c2ccccc21)C(=O)N1CC(C)C(C(=O)O)C1. The molecule has 1 heterocycles. The Labute approximate surface area is 192 Å². The maximum Gasteiger partial charge on any atom is 0.407 e. The Bertz CT molecular complexity index is 1010. The predicted molar refractivity (Wildman–Crippen MR) is 121 cm³/mol. The van der Waals surface area contributed by atoms with Gasteiger partial charge in [-0.3, -0.25) is 9.59 Å². The highest BCUT2D eigenvalue weighted by molar-refractivity contribution is 5.87. The van der Waals surface area contributed by atoms with Gasteiger partial charge >= 0.3 is 12.1 Å². The van der Waals surface area contributed by atoms with Gasteiger partial charge in [0, 0.05) is 26.1 Å². The van der Waals surface area contributed by atoms with E-state index in [-0.39, 0.29) is 37.5 Å². The number of hydrogen-bond donors (Lipinski definition) is 2. The number of nitrogens with zero attached hydrogens (tertiary/aromatic N) is 1. The first kappa shape index (κ1) is 22.8. The van der Waals surface area contributed by atoms with E-state index in [0.29, 0.717) is 6.54 Å². The number of hydrogen-bond acceptors (Lipinski definition) is 5. The van der Waals surface area contributed by atoms with Crippen LogP contribution in [0.15, 0.2) is 48.5 Å². The van der Waals surface area contributed by atoms with E-state index in [1.165, 1.54) is 12.0 Å². The van der Waals surface area contributed by atoms with Gasteiger partial charge < -0.3 is 24.8 Å². The fraction of sp³-hybridized carbons (Fsp3) is 0.400. The van der Waals surface area contributed by atoms with Gasteiger partial charge in [0.15, 0.2) is 0 Å². The molecule has 0 spiro atoms. The smallest absolute Gasteiger partial charge is 0.407 e. The van der Waals surface area contributed by atoms with E-state index >= 15 is 0 Å². The maximum absolute atomic E-state index is 13.0. The van der Waals surface area contributed by atoms with Crippen molar-refractivity contribution in [2.45, 2.75) is 18.9 Å². The van der Waals surface area contributed by atoms with Gasteiger partial charge in [-0.1, -0.05) is 55.5 Å². The number of carbonyl (C=O) groups excluding carboxylic acids is 2. The zero-order chi connectivity index (χ0) is 23.5. The molecule has 2 amide bonds. The molecule has 0 aromatic heterocycles. The van der Waals surface area contributed by atoms with E-state index in [2.05, 4.69) is 17.4 Å². The van der Waals surface area contributed by atoms with Crippen LogP contribution < -0.4 is 5.32 Å². The molecule has 0 radical (unpaired) electrons. The number of likely N-dealkylation sites (tertiary alicyclic amines) is 1. The second-order valence-electron chi connectivity index (χ2n) is 8.64. The average Bonchev–Trinajstić information content (AvgIpc) is 3.35. The van der Waals surface area contributed by atoms with Crippen LogP contribution in [0.2, 0.25) is 0 Å². The van der Waals surface area contributed by atoms with Crippen LogP contribution >= 0.6 is 0 Å². The van der Waals surface area contributed by atoms with Gasteiger partial charge in [-0.05, 0) is 28.2 Å². The monoisotopic (exact) mass is 452 g/mol. The summed E-state index contributed by atoms with van der Waals surface area (Å²) in [5.74, 6) is -2.17. The standard InChI is InChI=1S/C25H28N2O6/c1-15-11-27(12-20(15)24(29)30)23(28)22(14-32-2)26-25(31)33-13-21-18-9-5-3-7-16(18)17-8-4-6-10-19(17)21/h3-10,15,20-22H,11-14H2,1-2H3,(H,26,31)(H,29,30). The molecule has 8 nitrogen and oxygen atoms in total. The van der Waals surface area contributed by atoms with Crippen molar-refractivity contribution in [3.63, 3.8) is 0 Å². The molecule has 0 saturated carbocycles. The predicted octanol–water partition coefficient (Wildman–Crippen LogP) is 2.72. The highest BCUT2D eigenvalue weighted by atomic mass is 16.5. The third-order valence-electron chi connectivity index (χ3n) is 6.51. The van der Waals surface area contributed by atoms with Crippen LogP contribution in [0.1, 0.15) is 24.0 Å². The minimum absolute atomic E-state index is 0.0361. The number of carboxylic acids is 1. The molecule has 174 valence electrons. The molecule has 2 aliphatic rings. The summed E-state index contributed by atoms with van der Waals surface area (Å²) >= 11 is 0. The zero-order valence-corrected chi connectivity index (χ0v) is 18.7. The van der Waals surface area contributed by atoms with Gasteiger partial charge in [0.1, 0.15) is 12.6 Å².